The van der Waals surface area contributed by atoms with E-state index in [0.29, 0.717) is 11.1 Å². The zero-order chi connectivity index (χ0) is 17.4. The van der Waals surface area contributed by atoms with Gasteiger partial charge in [-0.2, -0.15) is 8.42 Å². The first kappa shape index (κ1) is 17.2. The van der Waals surface area contributed by atoms with E-state index in [1.54, 1.807) is 26.0 Å². The van der Waals surface area contributed by atoms with Gasteiger partial charge in [-0.3, -0.25) is 10.1 Å². The Hall–Kier alpha value is -2.12. The number of benzene rings is 2. The lowest BCUT2D eigenvalue weighted by Crippen LogP contribution is -2.13. The number of halogens is 1. The van der Waals surface area contributed by atoms with Crippen LogP contribution in [0.15, 0.2) is 35.2 Å². The Kier molecular flexibility index (Phi) is 4.63. The van der Waals surface area contributed by atoms with Crippen LogP contribution in [0.25, 0.3) is 0 Å². The van der Waals surface area contributed by atoms with Crippen LogP contribution >= 0.6 is 11.6 Å². The fourth-order valence-corrected chi connectivity index (χ4v) is 3.77. The summed E-state index contributed by atoms with van der Waals surface area (Å²) in [5.41, 5.74) is 1.61. The highest BCUT2D eigenvalue weighted by atomic mass is 35.5. The van der Waals surface area contributed by atoms with Crippen LogP contribution in [0.3, 0.4) is 0 Å². The van der Waals surface area contributed by atoms with Gasteiger partial charge in [-0.05, 0) is 44.0 Å². The highest BCUT2D eigenvalue weighted by Crippen LogP contribution is 2.32. The van der Waals surface area contributed by atoms with Gasteiger partial charge in [0.1, 0.15) is 5.75 Å². The number of nitrogens with zero attached hydrogens (tertiary/aromatic N) is 1. The molecule has 0 bridgehead atoms. The first-order valence-corrected chi connectivity index (χ1v) is 8.36. The van der Waals surface area contributed by atoms with E-state index in [2.05, 4.69) is 0 Å². The molecule has 0 saturated heterocycles. The SMILES string of the molecule is Cc1cc(C)c(OS(=O)(=O)c2cc(Cl)ccc2[N+](=O)[O-])c(C)c1. The lowest BCUT2D eigenvalue weighted by Gasteiger charge is -2.13. The van der Waals surface area contributed by atoms with Gasteiger partial charge in [-0.1, -0.05) is 29.3 Å². The fraction of sp³-hybridized carbons (Fsp3) is 0.200. The average molecular weight is 356 g/mol. The number of aryl methyl sites for hydroxylation is 3. The quantitative estimate of drug-likeness (QED) is 0.471. The summed E-state index contributed by atoms with van der Waals surface area (Å²) in [5, 5.41) is 11.1. The van der Waals surface area contributed by atoms with E-state index in [-0.39, 0.29) is 10.8 Å². The minimum atomic E-state index is -4.40. The third-order valence-electron chi connectivity index (χ3n) is 3.19. The third kappa shape index (κ3) is 3.62. The van der Waals surface area contributed by atoms with E-state index in [1.807, 2.05) is 6.92 Å². The van der Waals surface area contributed by atoms with Crippen LogP contribution in [-0.2, 0) is 10.1 Å². The summed E-state index contributed by atoms with van der Waals surface area (Å²) in [6.07, 6.45) is 0. The van der Waals surface area contributed by atoms with Crippen molar-refractivity contribution in [2.45, 2.75) is 25.7 Å². The van der Waals surface area contributed by atoms with Crippen molar-refractivity contribution < 1.29 is 17.5 Å². The summed E-state index contributed by atoms with van der Waals surface area (Å²) in [6, 6.07) is 6.83. The second-order valence-electron chi connectivity index (χ2n) is 5.13. The van der Waals surface area contributed by atoms with E-state index >= 15 is 0 Å². The van der Waals surface area contributed by atoms with Crippen molar-refractivity contribution in [1.29, 1.82) is 0 Å². The van der Waals surface area contributed by atoms with E-state index in [4.69, 9.17) is 15.8 Å². The van der Waals surface area contributed by atoms with Crippen LogP contribution in [0, 0.1) is 30.9 Å². The summed E-state index contributed by atoms with van der Waals surface area (Å²) < 4.78 is 30.1. The van der Waals surface area contributed by atoms with Gasteiger partial charge in [0.25, 0.3) is 5.69 Å². The molecule has 0 aromatic heterocycles. The first-order valence-electron chi connectivity index (χ1n) is 6.58. The molecular formula is C15H14ClNO5S. The van der Waals surface area contributed by atoms with Crippen molar-refractivity contribution in [1.82, 2.24) is 0 Å². The molecule has 0 aliphatic carbocycles. The van der Waals surface area contributed by atoms with Crippen molar-refractivity contribution in [3.8, 4) is 5.75 Å². The smallest absolute Gasteiger partial charge is 0.346 e. The molecule has 8 heteroatoms. The van der Waals surface area contributed by atoms with Gasteiger partial charge >= 0.3 is 10.1 Å². The molecule has 2 aromatic rings. The molecule has 0 amide bonds. The monoisotopic (exact) mass is 355 g/mol. The largest absolute Gasteiger partial charge is 0.378 e. The topological polar surface area (TPSA) is 86.5 Å². The Labute approximate surface area is 138 Å². The van der Waals surface area contributed by atoms with E-state index in [9.17, 15) is 18.5 Å². The van der Waals surface area contributed by atoms with E-state index in [0.717, 1.165) is 17.7 Å². The Morgan fingerprint density at radius 1 is 1.09 bits per heavy atom. The predicted octanol–water partition coefficient (Wildman–Crippen LogP) is 3.94. The highest BCUT2D eigenvalue weighted by Gasteiger charge is 2.29. The minimum absolute atomic E-state index is 0.0649. The van der Waals surface area contributed by atoms with Gasteiger partial charge in [-0.15, -0.1) is 0 Å². The van der Waals surface area contributed by atoms with Gasteiger partial charge < -0.3 is 4.18 Å². The lowest BCUT2D eigenvalue weighted by atomic mass is 10.1. The standard InChI is InChI=1S/C15H14ClNO5S/c1-9-6-10(2)15(11(3)7-9)22-23(20,21)14-8-12(16)4-5-13(14)17(18)19/h4-8H,1-3H3. The maximum Gasteiger partial charge on any atom is 0.346 e. The Morgan fingerprint density at radius 3 is 2.17 bits per heavy atom. The number of nitro benzene ring substituents is 1. The summed E-state index contributed by atoms with van der Waals surface area (Å²) in [6.45, 7) is 5.29. The average Bonchev–Trinajstić information content (AvgIpc) is 2.42. The Morgan fingerprint density at radius 2 is 1.65 bits per heavy atom. The second-order valence-corrected chi connectivity index (χ2v) is 7.09. The maximum absolute atomic E-state index is 12.5. The third-order valence-corrected chi connectivity index (χ3v) is 4.67. The molecular weight excluding hydrogens is 342 g/mol. The molecule has 0 fully saturated rings. The van der Waals surface area contributed by atoms with Crippen molar-refractivity contribution >= 4 is 27.4 Å². The zero-order valence-electron chi connectivity index (χ0n) is 12.7. The first-order chi connectivity index (χ1) is 10.6. The van der Waals surface area contributed by atoms with Gasteiger partial charge in [0, 0.05) is 11.1 Å². The van der Waals surface area contributed by atoms with Gasteiger partial charge in [0.2, 0.25) is 0 Å². The van der Waals surface area contributed by atoms with Crippen LogP contribution in [0.1, 0.15) is 16.7 Å². The fourth-order valence-electron chi connectivity index (χ4n) is 2.29. The summed E-state index contributed by atoms with van der Waals surface area (Å²) in [7, 11) is -4.40. The van der Waals surface area contributed by atoms with Crippen molar-refractivity contribution in [2.24, 2.45) is 0 Å². The van der Waals surface area contributed by atoms with Crippen molar-refractivity contribution in [3.63, 3.8) is 0 Å². The molecule has 0 atom stereocenters. The predicted molar refractivity (Wildman–Crippen MR) is 86.6 cm³/mol. The zero-order valence-corrected chi connectivity index (χ0v) is 14.2. The van der Waals surface area contributed by atoms with Crippen molar-refractivity contribution in [2.75, 3.05) is 0 Å². The second kappa shape index (κ2) is 6.17. The molecule has 0 aliphatic heterocycles. The van der Waals surface area contributed by atoms with E-state index in [1.165, 1.54) is 6.07 Å². The molecule has 0 aliphatic rings. The highest BCUT2D eigenvalue weighted by molar-refractivity contribution is 7.87. The van der Waals surface area contributed by atoms with Crippen LogP contribution in [0.5, 0.6) is 5.75 Å². The Bertz CT molecular complexity index is 870. The summed E-state index contributed by atoms with van der Waals surface area (Å²) in [5.74, 6) is 0.157. The number of hydrogen-bond acceptors (Lipinski definition) is 5. The Balaban J connectivity index is 2.57. The van der Waals surface area contributed by atoms with Crippen LogP contribution < -0.4 is 4.18 Å². The summed E-state index contributed by atoms with van der Waals surface area (Å²) in [4.78, 5) is 9.69. The lowest BCUT2D eigenvalue weighted by molar-refractivity contribution is -0.387. The van der Waals surface area contributed by atoms with Crippen LogP contribution in [0.4, 0.5) is 5.69 Å². The summed E-state index contributed by atoms with van der Waals surface area (Å²) >= 11 is 5.77. The number of rotatable bonds is 4. The number of nitro groups is 1. The molecule has 23 heavy (non-hydrogen) atoms. The van der Waals surface area contributed by atoms with Crippen molar-refractivity contribution in [3.05, 3.63) is 62.2 Å². The van der Waals surface area contributed by atoms with Gasteiger partial charge in [0.15, 0.2) is 4.90 Å². The maximum atomic E-state index is 12.5. The molecule has 0 unspecified atom stereocenters. The van der Waals surface area contributed by atoms with Gasteiger partial charge in [-0.25, -0.2) is 0 Å². The minimum Gasteiger partial charge on any atom is -0.378 e. The van der Waals surface area contributed by atoms with E-state index < -0.39 is 25.6 Å². The number of hydrogen-bond donors (Lipinski definition) is 0. The normalized spacial score (nSPS) is 11.3. The molecule has 2 aromatic carbocycles. The molecule has 122 valence electrons. The van der Waals surface area contributed by atoms with Crippen LogP contribution in [0.2, 0.25) is 5.02 Å². The van der Waals surface area contributed by atoms with Crippen LogP contribution in [-0.4, -0.2) is 13.3 Å². The molecule has 0 saturated carbocycles. The molecule has 2 rings (SSSR count). The molecule has 0 N–H and O–H groups in total. The molecule has 0 radical (unpaired) electrons. The molecule has 6 nitrogen and oxygen atoms in total. The molecule has 0 spiro atoms. The van der Waals surface area contributed by atoms with Gasteiger partial charge in [0.05, 0.1) is 4.92 Å². The molecule has 0 heterocycles.